The number of carbonyl (C=O) groups excluding carboxylic acids is 1. The van der Waals surface area contributed by atoms with Gasteiger partial charge in [-0.2, -0.15) is 0 Å². The molecule has 0 saturated heterocycles. The fraction of sp³-hybridized carbons (Fsp3) is 0.381. The van der Waals surface area contributed by atoms with Gasteiger partial charge in [0.2, 0.25) is 5.91 Å². The monoisotopic (exact) mass is 357 g/mol. The maximum absolute atomic E-state index is 13.1. The summed E-state index contributed by atoms with van der Waals surface area (Å²) in [7, 11) is 3.19. The number of aryl methyl sites for hydroxylation is 1. The molecule has 0 radical (unpaired) electrons. The molecule has 3 rings (SSSR count). The first-order chi connectivity index (χ1) is 12.6. The zero-order chi connectivity index (χ0) is 18.6. The van der Waals surface area contributed by atoms with Crippen molar-refractivity contribution < 1.29 is 18.7 Å². The summed E-state index contributed by atoms with van der Waals surface area (Å²) in [6, 6.07) is 12.3. The largest absolute Gasteiger partial charge is 0.493 e. The van der Waals surface area contributed by atoms with Crippen molar-refractivity contribution in [1.82, 2.24) is 5.32 Å². The molecular weight excluding hydrogens is 333 g/mol. The first-order valence-electron chi connectivity index (χ1n) is 8.80. The van der Waals surface area contributed by atoms with Crippen LogP contribution in [-0.2, 0) is 16.6 Å². The van der Waals surface area contributed by atoms with E-state index in [0.717, 1.165) is 24.0 Å². The van der Waals surface area contributed by atoms with Crippen molar-refractivity contribution in [2.45, 2.75) is 31.1 Å². The molecule has 2 aromatic rings. The van der Waals surface area contributed by atoms with Crippen molar-refractivity contribution in [1.29, 1.82) is 0 Å². The summed E-state index contributed by atoms with van der Waals surface area (Å²) in [5, 5.41) is 3.03. The lowest BCUT2D eigenvalue weighted by Gasteiger charge is -2.17. The Morgan fingerprint density at radius 2 is 1.77 bits per heavy atom. The maximum atomic E-state index is 13.1. The van der Waals surface area contributed by atoms with Gasteiger partial charge in [-0.3, -0.25) is 4.79 Å². The normalized spacial score (nSPS) is 14.6. The second-order valence-corrected chi connectivity index (χ2v) is 6.75. The molecule has 1 saturated carbocycles. The predicted molar refractivity (Wildman–Crippen MR) is 98.2 cm³/mol. The number of hydrogen-bond donors (Lipinski definition) is 1. The molecule has 0 aromatic heterocycles. The summed E-state index contributed by atoms with van der Waals surface area (Å²) in [4.78, 5) is 12.2. The lowest BCUT2D eigenvalue weighted by molar-refractivity contribution is -0.121. The number of carbonyl (C=O) groups is 1. The number of nitrogens with one attached hydrogen (secondary N) is 1. The van der Waals surface area contributed by atoms with E-state index in [9.17, 15) is 9.18 Å². The molecule has 138 valence electrons. The van der Waals surface area contributed by atoms with Crippen LogP contribution < -0.4 is 14.8 Å². The Bertz CT molecular complexity index is 769. The number of hydrogen-bond acceptors (Lipinski definition) is 3. The van der Waals surface area contributed by atoms with Gasteiger partial charge in [0.1, 0.15) is 5.82 Å². The molecule has 0 spiro atoms. The molecule has 1 fully saturated rings. The van der Waals surface area contributed by atoms with Crippen LogP contribution in [0.4, 0.5) is 4.39 Å². The van der Waals surface area contributed by atoms with Gasteiger partial charge in [-0.25, -0.2) is 4.39 Å². The fourth-order valence-corrected chi connectivity index (χ4v) is 3.17. The number of halogens is 1. The number of benzene rings is 2. The highest BCUT2D eigenvalue weighted by Crippen LogP contribution is 2.47. The average Bonchev–Trinajstić information content (AvgIpc) is 3.46. The van der Waals surface area contributed by atoms with E-state index in [-0.39, 0.29) is 17.1 Å². The molecule has 4 nitrogen and oxygen atoms in total. The molecule has 0 bridgehead atoms. The first kappa shape index (κ1) is 18.2. The van der Waals surface area contributed by atoms with Crippen LogP contribution in [0.25, 0.3) is 0 Å². The summed E-state index contributed by atoms with van der Waals surface area (Å²) >= 11 is 0. The van der Waals surface area contributed by atoms with E-state index in [1.165, 1.54) is 12.1 Å². The minimum Gasteiger partial charge on any atom is -0.493 e. The van der Waals surface area contributed by atoms with Crippen molar-refractivity contribution >= 4 is 5.91 Å². The van der Waals surface area contributed by atoms with Crippen molar-refractivity contribution in [3.8, 4) is 11.5 Å². The van der Waals surface area contributed by atoms with Crippen LogP contribution in [0.5, 0.6) is 11.5 Å². The standard InChI is InChI=1S/C21H24FNO3/c1-25-18-9-3-15(13-19(18)26-2)4-10-20(24)23-14-21(11-12-21)16-5-7-17(22)8-6-16/h3,5-9,13H,4,10-12,14H2,1-2H3,(H,23,24). The molecule has 2 aromatic carbocycles. The lowest BCUT2D eigenvalue weighted by Crippen LogP contribution is -2.32. The van der Waals surface area contributed by atoms with Crippen molar-refractivity contribution in [3.05, 3.63) is 59.4 Å². The van der Waals surface area contributed by atoms with E-state index in [0.29, 0.717) is 30.9 Å². The van der Waals surface area contributed by atoms with Gasteiger partial charge in [-0.05, 0) is 54.7 Å². The van der Waals surface area contributed by atoms with Gasteiger partial charge in [-0.1, -0.05) is 18.2 Å². The van der Waals surface area contributed by atoms with Crippen LogP contribution in [0.2, 0.25) is 0 Å². The molecule has 0 aliphatic heterocycles. The summed E-state index contributed by atoms with van der Waals surface area (Å²) < 4.78 is 23.6. The number of amides is 1. The zero-order valence-corrected chi connectivity index (χ0v) is 15.2. The number of methoxy groups -OCH3 is 2. The van der Waals surface area contributed by atoms with Gasteiger partial charge in [0.25, 0.3) is 0 Å². The van der Waals surface area contributed by atoms with E-state index >= 15 is 0 Å². The molecule has 1 aliphatic rings. The quantitative estimate of drug-likeness (QED) is 0.785. The van der Waals surface area contributed by atoms with E-state index in [1.807, 2.05) is 30.3 Å². The number of rotatable bonds is 8. The molecular formula is C21H24FNO3. The van der Waals surface area contributed by atoms with Crippen LogP contribution in [-0.4, -0.2) is 26.7 Å². The summed E-state index contributed by atoms with van der Waals surface area (Å²) in [5.41, 5.74) is 2.10. The van der Waals surface area contributed by atoms with Crippen LogP contribution in [0.3, 0.4) is 0 Å². The minimum absolute atomic E-state index is 0.0211. The zero-order valence-electron chi connectivity index (χ0n) is 15.2. The van der Waals surface area contributed by atoms with Gasteiger partial charge >= 0.3 is 0 Å². The SMILES string of the molecule is COc1ccc(CCC(=O)NCC2(c3ccc(F)cc3)CC2)cc1OC. The van der Waals surface area contributed by atoms with Crippen molar-refractivity contribution in [3.63, 3.8) is 0 Å². The van der Waals surface area contributed by atoms with Crippen LogP contribution in [0.15, 0.2) is 42.5 Å². The molecule has 1 amide bonds. The topological polar surface area (TPSA) is 47.6 Å². The predicted octanol–water partition coefficient (Wildman–Crippen LogP) is 3.62. The Labute approximate surface area is 153 Å². The maximum Gasteiger partial charge on any atom is 0.220 e. The summed E-state index contributed by atoms with van der Waals surface area (Å²) in [5.74, 6) is 1.13. The summed E-state index contributed by atoms with van der Waals surface area (Å²) in [6.45, 7) is 0.601. The Morgan fingerprint density at radius 1 is 1.08 bits per heavy atom. The Morgan fingerprint density at radius 3 is 2.38 bits per heavy atom. The van der Waals surface area contributed by atoms with Crippen molar-refractivity contribution in [2.75, 3.05) is 20.8 Å². The molecule has 0 unspecified atom stereocenters. The van der Waals surface area contributed by atoms with Crippen LogP contribution >= 0.6 is 0 Å². The van der Waals surface area contributed by atoms with Crippen LogP contribution in [0, 0.1) is 5.82 Å². The van der Waals surface area contributed by atoms with Gasteiger partial charge in [0.05, 0.1) is 14.2 Å². The van der Waals surface area contributed by atoms with E-state index in [2.05, 4.69) is 5.32 Å². The highest BCUT2D eigenvalue weighted by atomic mass is 19.1. The first-order valence-corrected chi connectivity index (χ1v) is 8.80. The molecule has 5 heteroatoms. The van der Waals surface area contributed by atoms with E-state index < -0.39 is 0 Å². The molecule has 0 heterocycles. The average molecular weight is 357 g/mol. The van der Waals surface area contributed by atoms with Crippen molar-refractivity contribution in [2.24, 2.45) is 0 Å². The smallest absolute Gasteiger partial charge is 0.220 e. The fourth-order valence-electron chi connectivity index (χ4n) is 3.17. The highest BCUT2D eigenvalue weighted by Gasteiger charge is 2.44. The minimum atomic E-state index is -0.233. The third-order valence-electron chi connectivity index (χ3n) is 5.02. The Kier molecular flexibility index (Phi) is 5.45. The van der Waals surface area contributed by atoms with Gasteiger partial charge in [-0.15, -0.1) is 0 Å². The van der Waals surface area contributed by atoms with Gasteiger partial charge < -0.3 is 14.8 Å². The lowest BCUT2D eigenvalue weighted by atomic mass is 9.96. The van der Waals surface area contributed by atoms with Gasteiger partial charge in [0, 0.05) is 18.4 Å². The highest BCUT2D eigenvalue weighted by molar-refractivity contribution is 5.76. The molecule has 26 heavy (non-hydrogen) atoms. The van der Waals surface area contributed by atoms with Crippen LogP contribution in [0.1, 0.15) is 30.4 Å². The van der Waals surface area contributed by atoms with E-state index in [4.69, 9.17) is 9.47 Å². The molecule has 1 aliphatic carbocycles. The third-order valence-corrected chi connectivity index (χ3v) is 5.02. The third kappa shape index (κ3) is 4.15. The molecule has 1 N–H and O–H groups in total. The Hall–Kier alpha value is -2.56. The Balaban J connectivity index is 1.51. The number of ether oxygens (including phenoxy) is 2. The second-order valence-electron chi connectivity index (χ2n) is 6.75. The summed E-state index contributed by atoms with van der Waals surface area (Å²) in [6.07, 6.45) is 3.09. The second kappa shape index (κ2) is 7.77. The van der Waals surface area contributed by atoms with Gasteiger partial charge in [0.15, 0.2) is 11.5 Å². The van der Waals surface area contributed by atoms with E-state index in [1.54, 1.807) is 14.2 Å². The molecule has 0 atom stereocenters.